The summed E-state index contributed by atoms with van der Waals surface area (Å²) in [5.74, 6) is 2.22. The lowest BCUT2D eigenvalue weighted by molar-refractivity contribution is -0.121. The number of unbranched alkanes of at least 4 members (excludes halogenated alkanes) is 3. The summed E-state index contributed by atoms with van der Waals surface area (Å²) in [4.78, 5) is 28.9. The minimum atomic E-state index is -0.156. The first-order chi connectivity index (χ1) is 26.7. The molecule has 1 aromatic heterocycles. The first kappa shape index (κ1) is 42.9. The van der Waals surface area contributed by atoms with Gasteiger partial charge in [-0.3, -0.25) is 14.6 Å². The molecule has 1 aliphatic rings. The number of benzene rings is 2. The number of aromatic nitrogens is 3. The standard InChI is InChI=1S/C41H60N8O6/c1-41(2,3)30-45-38(50)16-11-20-53-23-25-54-24-22-52-19-7-5-6-8-21-55-35-15-9-12-32(26-35)28-44-40(51)33-13-10-14-34(27-33)43-29-37-47-48-39(49(37)4)36-17-18-42-31-46-36/h9-10,12-15,17-18,26-27,43,46H,5-8,11,16,19-25,28-31H2,1-4H3,(H,44,51)(H,45,50). The van der Waals surface area contributed by atoms with Crippen LogP contribution in [-0.2, 0) is 39.1 Å². The summed E-state index contributed by atoms with van der Waals surface area (Å²) in [5, 5.41) is 21.1. The number of anilines is 1. The van der Waals surface area contributed by atoms with Crippen molar-refractivity contribution >= 4 is 29.4 Å². The second-order valence-corrected chi connectivity index (χ2v) is 14.6. The molecule has 0 bridgehead atoms. The molecular formula is C41H60N8O6. The number of allylic oxidation sites excluding steroid dienone is 1. The van der Waals surface area contributed by atoms with E-state index in [4.69, 9.17) is 18.9 Å². The Labute approximate surface area is 325 Å². The highest BCUT2D eigenvalue weighted by Crippen LogP contribution is 2.17. The molecule has 0 saturated carbocycles. The van der Waals surface area contributed by atoms with Crippen molar-refractivity contribution in [1.82, 2.24) is 30.7 Å². The Hall–Kier alpha value is -4.79. The summed E-state index contributed by atoms with van der Waals surface area (Å²) in [5.41, 5.74) is 3.31. The number of aliphatic imine (C=N–C) groups is 1. The van der Waals surface area contributed by atoms with Crippen LogP contribution in [-0.4, -0.2) is 92.3 Å². The molecule has 0 atom stereocenters. The van der Waals surface area contributed by atoms with Gasteiger partial charge in [-0.05, 0) is 73.1 Å². The summed E-state index contributed by atoms with van der Waals surface area (Å²) < 4.78 is 24.7. The van der Waals surface area contributed by atoms with E-state index in [1.165, 1.54) is 0 Å². The van der Waals surface area contributed by atoms with Crippen molar-refractivity contribution in [2.75, 3.05) is 64.8 Å². The van der Waals surface area contributed by atoms with Crippen molar-refractivity contribution in [3.8, 4) is 5.75 Å². The average molecular weight is 761 g/mol. The summed E-state index contributed by atoms with van der Waals surface area (Å²) in [7, 11) is 1.92. The van der Waals surface area contributed by atoms with E-state index in [1.54, 1.807) is 12.3 Å². The van der Waals surface area contributed by atoms with Gasteiger partial charge in [-0.15, -0.1) is 10.2 Å². The van der Waals surface area contributed by atoms with Crippen LogP contribution in [0.15, 0.2) is 59.6 Å². The molecule has 3 aromatic rings. The molecule has 0 saturated heterocycles. The van der Waals surface area contributed by atoms with Crippen LogP contribution < -0.4 is 26.0 Å². The summed E-state index contributed by atoms with van der Waals surface area (Å²) in [6, 6.07) is 15.2. The number of hydrogen-bond donors (Lipinski definition) is 4. The van der Waals surface area contributed by atoms with Crippen LogP contribution in [0.1, 0.15) is 86.9 Å². The zero-order valence-corrected chi connectivity index (χ0v) is 33.0. The van der Waals surface area contributed by atoms with Crippen molar-refractivity contribution in [2.24, 2.45) is 17.5 Å². The largest absolute Gasteiger partial charge is 0.494 e. The number of carbonyl (C=O) groups is 2. The second kappa shape index (κ2) is 23.9. The van der Waals surface area contributed by atoms with Crippen LogP contribution in [0.4, 0.5) is 5.69 Å². The van der Waals surface area contributed by atoms with E-state index in [9.17, 15) is 9.59 Å². The van der Waals surface area contributed by atoms with Crippen molar-refractivity contribution in [3.05, 3.63) is 77.4 Å². The van der Waals surface area contributed by atoms with Crippen molar-refractivity contribution in [2.45, 2.75) is 72.4 Å². The smallest absolute Gasteiger partial charge is 0.251 e. The van der Waals surface area contributed by atoms with E-state index in [0.717, 1.165) is 60.0 Å². The number of nitrogens with zero attached hydrogens (tertiary/aromatic N) is 4. The van der Waals surface area contributed by atoms with E-state index in [2.05, 4.69) is 57.2 Å². The Bertz CT molecular complexity index is 1670. The third kappa shape index (κ3) is 17.0. The highest BCUT2D eigenvalue weighted by atomic mass is 16.5. The first-order valence-corrected chi connectivity index (χ1v) is 19.3. The second-order valence-electron chi connectivity index (χ2n) is 14.6. The average Bonchev–Trinajstić information content (AvgIpc) is 3.56. The van der Waals surface area contributed by atoms with Gasteiger partial charge in [-0.25, -0.2) is 0 Å². The normalized spacial score (nSPS) is 12.5. The van der Waals surface area contributed by atoms with E-state index in [0.29, 0.717) is 91.0 Å². The van der Waals surface area contributed by atoms with Gasteiger partial charge in [0.05, 0.1) is 45.3 Å². The highest BCUT2D eigenvalue weighted by molar-refractivity contribution is 5.95. The third-order valence-corrected chi connectivity index (χ3v) is 8.54. The van der Waals surface area contributed by atoms with Gasteiger partial charge in [-0.2, -0.15) is 0 Å². The van der Waals surface area contributed by atoms with Crippen LogP contribution in [0.3, 0.4) is 0 Å². The molecule has 0 spiro atoms. The molecule has 300 valence electrons. The van der Waals surface area contributed by atoms with Crippen LogP contribution in [0.5, 0.6) is 5.75 Å². The van der Waals surface area contributed by atoms with Gasteiger partial charge in [-0.1, -0.05) is 45.4 Å². The molecule has 0 radical (unpaired) electrons. The lowest BCUT2D eigenvalue weighted by Gasteiger charge is -2.18. The SMILES string of the molecule is Cn1c(CNc2cccc(C(=O)NCc3cccc(OCCCCCCOCCOCCOCCCC(=O)NCC(C)(C)C)c3)c2)nnc1C1=CC=NCN1. The summed E-state index contributed by atoms with van der Waals surface area (Å²) in [6.45, 7) is 12.4. The van der Waals surface area contributed by atoms with Crippen LogP contribution in [0, 0.1) is 5.41 Å². The minimum Gasteiger partial charge on any atom is -0.494 e. The molecule has 55 heavy (non-hydrogen) atoms. The van der Waals surface area contributed by atoms with Gasteiger partial charge < -0.3 is 44.8 Å². The fourth-order valence-corrected chi connectivity index (χ4v) is 5.43. The molecule has 2 aromatic carbocycles. The maximum absolute atomic E-state index is 13.0. The summed E-state index contributed by atoms with van der Waals surface area (Å²) in [6.07, 6.45) is 8.90. The van der Waals surface area contributed by atoms with Gasteiger partial charge in [0, 0.05) is 57.2 Å². The Morgan fingerprint density at radius 2 is 1.55 bits per heavy atom. The molecule has 4 N–H and O–H groups in total. The van der Waals surface area contributed by atoms with E-state index in [1.807, 2.05) is 60.2 Å². The molecular weight excluding hydrogens is 701 g/mol. The molecule has 2 amide bonds. The zero-order valence-electron chi connectivity index (χ0n) is 33.0. The number of nitrogens with one attached hydrogen (secondary N) is 4. The lowest BCUT2D eigenvalue weighted by Crippen LogP contribution is -2.32. The molecule has 14 heteroatoms. The molecule has 4 rings (SSSR count). The van der Waals surface area contributed by atoms with E-state index >= 15 is 0 Å². The first-order valence-electron chi connectivity index (χ1n) is 19.3. The maximum Gasteiger partial charge on any atom is 0.251 e. The van der Waals surface area contributed by atoms with Crippen LogP contribution >= 0.6 is 0 Å². The number of hydrogen-bond acceptors (Lipinski definition) is 11. The fraction of sp³-hybridized carbons (Fsp3) is 0.537. The van der Waals surface area contributed by atoms with Gasteiger partial charge >= 0.3 is 0 Å². The molecule has 0 fully saturated rings. The minimum absolute atomic E-state index is 0.0729. The number of rotatable bonds is 26. The van der Waals surface area contributed by atoms with Gasteiger partial charge in [0.2, 0.25) is 5.91 Å². The van der Waals surface area contributed by atoms with Gasteiger partial charge in [0.15, 0.2) is 11.6 Å². The molecule has 14 nitrogen and oxygen atoms in total. The molecule has 0 aliphatic carbocycles. The quantitative estimate of drug-likeness (QED) is 0.0795. The Morgan fingerprint density at radius 1 is 0.818 bits per heavy atom. The lowest BCUT2D eigenvalue weighted by atomic mass is 9.97. The fourth-order valence-electron chi connectivity index (χ4n) is 5.43. The molecule has 0 unspecified atom stereocenters. The predicted molar refractivity (Wildman–Crippen MR) is 215 cm³/mol. The Morgan fingerprint density at radius 3 is 2.29 bits per heavy atom. The number of ether oxygens (including phenoxy) is 4. The zero-order chi connectivity index (χ0) is 39.1. The third-order valence-electron chi connectivity index (χ3n) is 8.54. The van der Waals surface area contributed by atoms with Gasteiger partial charge in [0.1, 0.15) is 12.4 Å². The summed E-state index contributed by atoms with van der Waals surface area (Å²) >= 11 is 0. The van der Waals surface area contributed by atoms with E-state index in [-0.39, 0.29) is 17.2 Å². The van der Waals surface area contributed by atoms with Crippen LogP contribution in [0.25, 0.3) is 5.70 Å². The predicted octanol–water partition coefficient (Wildman–Crippen LogP) is 5.26. The maximum atomic E-state index is 13.0. The highest BCUT2D eigenvalue weighted by Gasteiger charge is 2.14. The Balaban J connectivity index is 0.990. The van der Waals surface area contributed by atoms with Crippen LogP contribution in [0.2, 0.25) is 0 Å². The molecule has 2 heterocycles. The van der Waals surface area contributed by atoms with Crippen molar-refractivity contribution < 1.29 is 28.5 Å². The topological polar surface area (TPSA) is 162 Å². The molecule has 1 aliphatic heterocycles. The monoisotopic (exact) mass is 760 g/mol. The van der Waals surface area contributed by atoms with Gasteiger partial charge in [0.25, 0.3) is 5.91 Å². The number of amides is 2. The Kier molecular flexibility index (Phi) is 18.6. The van der Waals surface area contributed by atoms with E-state index < -0.39 is 0 Å². The number of carbonyl (C=O) groups excluding carboxylic acids is 2. The van der Waals surface area contributed by atoms with Crippen molar-refractivity contribution in [1.29, 1.82) is 0 Å². The van der Waals surface area contributed by atoms with Crippen molar-refractivity contribution in [3.63, 3.8) is 0 Å².